The number of ether oxygens (including phenoxy) is 1. The Morgan fingerprint density at radius 3 is 2.53 bits per heavy atom. The molecule has 0 saturated carbocycles. The van der Waals surface area contributed by atoms with Crippen LogP contribution < -0.4 is 10.1 Å². The van der Waals surface area contributed by atoms with Crippen molar-refractivity contribution in [3.8, 4) is 5.88 Å². The summed E-state index contributed by atoms with van der Waals surface area (Å²) in [7, 11) is 1.86. The maximum atomic E-state index is 5.72. The SMILES string of the molecule is CNc1nc(C)nc(OCCCC(C)C)c1C. The fourth-order valence-electron chi connectivity index (χ4n) is 1.65. The van der Waals surface area contributed by atoms with Gasteiger partial charge < -0.3 is 10.1 Å². The third-order valence-corrected chi connectivity index (χ3v) is 2.61. The van der Waals surface area contributed by atoms with Crippen LogP contribution in [0.2, 0.25) is 0 Å². The first-order valence-electron chi connectivity index (χ1n) is 6.20. The van der Waals surface area contributed by atoms with Crippen LogP contribution in [-0.2, 0) is 0 Å². The Labute approximate surface area is 104 Å². The van der Waals surface area contributed by atoms with E-state index in [0.717, 1.165) is 36.2 Å². The molecule has 0 aliphatic heterocycles. The van der Waals surface area contributed by atoms with Gasteiger partial charge >= 0.3 is 0 Å². The van der Waals surface area contributed by atoms with Crippen LogP contribution >= 0.6 is 0 Å². The fraction of sp³-hybridized carbons (Fsp3) is 0.692. The number of nitrogens with zero attached hydrogens (tertiary/aromatic N) is 2. The highest BCUT2D eigenvalue weighted by Gasteiger charge is 2.08. The smallest absolute Gasteiger partial charge is 0.221 e. The highest BCUT2D eigenvalue weighted by molar-refractivity contribution is 5.47. The van der Waals surface area contributed by atoms with Crippen LogP contribution in [0.25, 0.3) is 0 Å². The molecule has 1 aromatic heterocycles. The third kappa shape index (κ3) is 4.21. The lowest BCUT2D eigenvalue weighted by molar-refractivity contribution is 0.284. The second-order valence-electron chi connectivity index (χ2n) is 4.68. The van der Waals surface area contributed by atoms with Crippen LogP contribution in [0.15, 0.2) is 0 Å². The summed E-state index contributed by atoms with van der Waals surface area (Å²) in [5.74, 6) is 3.00. The fourth-order valence-corrected chi connectivity index (χ4v) is 1.65. The molecule has 0 unspecified atom stereocenters. The molecule has 0 atom stereocenters. The van der Waals surface area contributed by atoms with Gasteiger partial charge in [-0.05, 0) is 32.6 Å². The molecule has 0 aliphatic rings. The Kier molecular flexibility index (Phi) is 5.19. The molecule has 0 radical (unpaired) electrons. The number of hydrogen-bond donors (Lipinski definition) is 1. The molecule has 1 N–H and O–H groups in total. The molecule has 0 amide bonds. The lowest BCUT2D eigenvalue weighted by Crippen LogP contribution is -2.07. The minimum atomic E-state index is 0.700. The van der Waals surface area contributed by atoms with E-state index >= 15 is 0 Å². The van der Waals surface area contributed by atoms with Crippen LogP contribution in [0.4, 0.5) is 5.82 Å². The average Bonchev–Trinajstić information content (AvgIpc) is 2.28. The van der Waals surface area contributed by atoms with Gasteiger partial charge in [0.15, 0.2) is 0 Å². The number of rotatable bonds is 6. The lowest BCUT2D eigenvalue weighted by Gasteiger charge is -2.12. The van der Waals surface area contributed by atoms with Crippen molar-refractivity contribution < 1.29 is 4.74 Å². The zero-order valence-electron chi connectivity index (χ0n) is 11.5. The van der Waals surface area contributed by atoms with E-state index in [1.54, 1.807) is 0 Å². The van der Waals surface area contributed by atoms with E-state index < -0.39 is 0 Å². The Hall–Kier alpha value is -1.32. The number of hydrogen-bond acceptors (Lipinski definition) is 4. The third-order valence-electron chi connectivity index (χ3n) is 2.61. The molecule has 96 valence electrons. The van der Waals surface area contributed by atoms with Gasteiger partial charge in [-0.3, -0.25) is 0 Å². The zero-order chi connectivity index (χ0) is 12.8. The molecule has 0 fully saturated rings. The molecule has 0 spiro atoms. The molecule has 1 rings (SSSR count). The van der Waals surface area contributed by atoms with Crippen molar-refractivity contribution in [2.24, 2.45) is 5.92 Å². The second-order valence-corrected chi connectivity index (χ2v) is 4.68. The predicted molar refractivity (Wildman–Crippen MR) is 70.6 cm³/mol. The van der Waals surface area contributed by atoms with Gasteiger partial charge in [0.05, 0.1) is 12.2 Å². The minimum absolute atomic E-state index is 0.700. The first-order valence-corrected chi connectivity index (χ1v) is 6.20. The monoisotopic (exact) mass is 237 g/mol. The molecular weight excluding hydrogens is 214 g/mol. The van der Waals surface area contributed by atoms with Crippen LogP contribution in [0.5, 0.6) is 5.88 Å². The van der Waals surface area contributed by atoms with E-state index in [-0.39, 0.29) is 0 Å². The van der Waals surface area contributed by atoms with Gasteiger partial charge in [0.2, 0.25) is 5.88 Å². The second kappa shape index (κ2) is 6.42. The number of anilines is 1. The quantitative estimate of drug-likeness (QED) is 0.773. The molecular formula is C13H23N3O. The Balaban J connectivity index is 2.61. The van der Waals surface area contributed by atoms with Gasteiger partial charge in [-0.15, -0.1) is 0 Å². The molecule has 1 aromatic rings. The maximum absolute atomic E-state index is 5.72. The van der Waals surface area contributed by atoms with Crippen LogP contribution in [0.1, 0.15) is 38.1 Å². The number of aromatic nitrogens is 2. The first-order chi connectivity index (χ1) is 8.04. The van der Waals surface area contributed by atoms with Crippen molar-refractivity contribution in [2.75, 3.05) is 19.0 Å². The summed E-state index contributed by atoms with van der Waals surface area (Å²) in [6, 6.07) is 0. The summed E-state index contributed by atoms with van der Waals surface area (Å²) in [6.07, 6.45) is 2.25. The Morgan fingerprint density at radius 1 is 1.24 bits per heavy atom. The van der Waals surface area contributed by atoms with E-state index in [0.29, 0.717) is 5.88 Å². The van der Waals surface area contributed by atoms with E-state index in [9.17, 15) is 0 Å². The average molecular weight is 237 g/mol. The van der Waals surface area contributed by atoms with E-state index in [4.69, 9.17) is 4.74 Å². The molecule has 0 aliphatic carbocycles. The topological polar surface area (TPSA) is 47.0 Å². The van der Waals surface area contributed by atoms with Gasteiger partial charge in [0.25, 0.3) is 0 Å². The molecule has 0 bridgehead atoms. The van der Waals surface area contributed by atoms with Crippen molar-refractivity contribution in [3.63, 3.8) is 0 Å². The van der Waals surface area contributed by atoms with E-state index in [1.807, 2.05) is 20.9 Å². The summed E-state index contributed by atoms with van der Waals surface area (Å²) in [5, 5.41) is 3.05. The highest BCUT2D eigenvalue weighted by Crippen LogP contribution is 2.21. The zero-order valence-corrected chi connectivity index (χ0v) is 11.5. The van der Waals surface area contributed by atoms with Crippen molar-refractivity contribution >= 4 is 5.82 Å². The molecule has 4 heteroatoms. The summed E-state index contributed by atoms with van der Waals surface area (Å²) >= 11 is 0. The maximum Gasteiger partial charge on any atom is 0.221 e. The lowest BCUT2D eigenvalue weighted by atomic mass is 10.1. The van der Waals surface area contributed by atoms with Gasteiger partial charge in [-0.2, -0.15) is 4.98 Å². The van der Waals surface area contributed by atoms with E-state index in [1.165, 1.54) is 6.42 Å². The normalized spacial score (nSPS) is 10.7. The first kappa shape index (κ1) is 13.7. The van der Waals surface area contributed by atoms with Crippen molar-refractivity contribution in [3.05, 3.63) is 11.4 Å². The number of nitrogens with one attached hydrogen (secondary N) is 1. The number of aryl methyl sites for hydroxylation is 1. The summed E-state index contributed by atoms with van der Waals surface area (Å²) in [6.45, 7) is 9.02. The largest absolute Gasteiger partial charge is 0.477 e. The molecule has 0 aromatic carbocycles. The molecule has 0 saturated heterocycles. The molecule has 1 heterocycles. The van der Waals surface area contributed by atoms with E-state index in [2.05, 4.69) is 29.1 Å². The van der Waals surface area contributed by atoms with Gasteiger partial charge in [0, 0.05) is 7.05 Å². The highest BCUT2D eigenvalue weighted by atomic mass is 16.5. The minimum Gasteiger partial charge on any atom is -0.477 e. The van der Waals surface area contributed by atoms with Gasteiger partial charge in [-0.25, -0.2) is 4.98 Å². The van der Waals surface area contributed by atoms with Gasteiger partial charge in [-0.1, -0.05) is 13.8 Å². The Bertz CT molecular complexity index is 364. The van der Waals surface area contributed by atoms with Gasteiger partial charge in [0.1, 0.15) is 11.6 Å². The summed E-state index contributed by atoms with van der Waals surface area (Å²) in [4.78, 5) is 8.63. The van der Waals surface area contributed by atoms with Crippen molar-refractivity contribution in [1.29, 1.82) is 0 Å². The van der Waals surface area contributed by atoms with Crippen LogP contribution in [0, 0.1) is 19.8 Å². The van der Waals surface area contributed by atoms with Crippen molar-refractivity contribution in [2.45, 2.75) is 40.5 Å². The predicted octanol–water partition coefficient (Wildman–Crippen LogP) is 2.95. The summed E-state index contributed by atoms with van der Waals surface area (Å²) in [5.41, 5.74) is 0.975. The standard InChI is InChI=1S/C13H23N3O/c1-9(2)7-6-8-17-13-10(3)12(14-5)15-11(4)16-13/h9H,6-8H2,1-5H3,(H,14,15,16). The molecule has 4 nitrogen and oxygen atoms in total. The van der Waals surface area contributed by atoms with Crippen molar-refractivity contribution in [1.82, 2.24) is 9.97 Å². The Morgan fingerprint density at radius 2 is 1.94 bits per heavy atom. The van der Waals surface area contributed by atoms with Crippen LogP contribution in [0.3, 0.4) is 0 Å². The summed E-state index contributed by atoms with van der Waals surface area (Å²) < 4.78 is 5.72. The molecule has 17 heavy (non-hydrogen) atoms. The van der Waals surface area contributed by atoms with Crippen LogP contribution in [-0.4, -0.2) is 23.6 Å².